The topological polar surface area (TPSA) is 0 Å². The van der Waals surface area contributed by atoms with Gasteiger partial charge in [0.1, 0.15) is 0 Å². The van der Waals surface area contributed by atoms with E-state index >= 15 is 0 Å². The number of hydrogen-bond donors (Lipinski definition) is 0. The van der Waals surface area contributed by atoms with Crippen LogP contribution >= 0.6 is 15.9 Å². The van der Waals surface area contributed by atoms with Crippen LogP contribution in [0.25, 0.3) is 0 Å². The maximum absolute atomic E-state index is 3.55. The van der Waals surface area contributed by atoms with Crippen molar-refractivity contribution in [3.8, 4) is 0 Å². The Balaban J connectivity index is 2.57. The van der Waals surface area contributed by atoms with E-state index in [1.54, 1.807) is 0 Å². The minimum atomic E-state index is 0.416. The highest BCUT2D eigenvalue weighted by Gasteiger charge is 2.34. The van der Waals surface area contributed by atoms with E-state index in [9.17, 15) is 0 Å². The van der Waals surface area contributed by atoms with Gasteiger partial charge in [-0.15, -0.1) is 0 Å². The summed E-state index contributed by atoms with van der Waals surface area (Å²) in [5, 5.41) is 0. The second-order valence-corrected chi connectivity index (χ2v) is 4.68. The highest BCUT2D eigenvalue weighted by atomic mass is 79.9. The van der Waals surface area contributed by atoms with E-state index in [0.717, 1.165) is 0 Å². The smallest absolute Gasteiger partial charge is 0.0210 e. The van der Waals surface area contributed by atoms with Gasteiger partial charge in [0, 0.05) is 4.47 Å². The first-order valence-corrected chi connectivity index (χ1v) is 4.68. The molecule has 1 aliphatic carbocycles. The lowest BCUT2D eigenvalue weighted by Gasteiger charge is -2.38. The third-order valence-electron chi connectivity index (χ3n) is 2.47. The fourth-order valence-electron chi connectivity index (χ4n) is 1.80. The summed E-state index contributed by atoms with van der Waals surface area (Å²) < 4.78 is 1.27. The molecule has 0 radical (unpaired) electrons. The van der Waals surface area contributed by atoms with E-state index in [1.807, 2.05) is 0 Å². The molecule has 0 fully saturated rings. The number of halogens is 1. The van der Waals surface area contributed by atoms with Gasteiger partial charge in [-0.3, -0.25) is 0 Å². The second kappa shape index (κ2) is 2.10. The molecule has 58 valence electrons. The SMILES string of the molecule is CC1(C)Cc2c(Br)cccc21. The maximum Gasteiger partial charge on any atom is 0.0210 e. The van der Waals surface area contributed by atoms with E-state index in [-0.39, 0.29) is 0 Å². The molecule has 0 atom stereocenters. The monoisotopic (exact) mass is 210 g/mol. The molecule has 0 heterocycles. The molecule has 0 aromatic heterocycles. The predicted molar refractivity (Wildman–Crippen MR) is 50.9 cm³/mol. The van der Waals surface area contributed by atoms with Gasteiger partial charge in [-0.05, 0) is 29.0 Å². The lowest BCUT2D eigenvalue weighted by atomic mass is 9.67. The van der Waals surface area contributed by atoms with E-state index in [4.69, 9.17) is 0 Å². The summed E-state index contributed by atoms with van der Waals surface area (Å²) in [7, 11) is 0. The van der Waals surface area contributed by atoms with Crippen LogP contribution in [0.15, 0.2) is 22.7 Å². The van der Waals surface area contributed by atoms with E-state index in [0.29, 0.717) is 5.41 Å². The quantitative estimate of drug-likeness (QED) is 0.617. The standard InChI is InChI=1S/C10H11Br/c1-10(2)6-7-8(10)4-3-5-9(7)11/h3-5H,6H2,1-2H3. The first-order valence-electron chi connectivity index (χ1n) is 3.89. The molecule has 1 heteroatoms. The van der Waals surface area contributed by atoms with Crippen molar-refractivity contribution in [3.63, 3.8) is 0 Å². The first kappa shape index (κ1) is 7.35. The minimum Gasteiger partial charge on any atom is -0.0608 e. The van der Waals surface area contributed by atoms with E-state index in [1.165, 1.54) is 22.0 Å². The molecule has 0 saturated carbocycles. The summed E-state index contributed by atoms with van der Waals surface area (Å²) in [6.45, 7) is 4.59. The molecule has 2 rings (SSSR count). The molecule has 1 aliphatic rings. The Hall–Kier alpha value is -0.300. The molecule has 0 N–H and O–H groups in total. The van der Waals surface area contributed by atoms with Crippen LogP contribution in [0, 0.1) is 0 Å². The van der Waals surface area contributed by atoms with Crippen molar-refractivity contribution >= 4 is 15.9 Å². The van der Waals surface area contributed by atoms with Crippen molar-refractivity contribution in [1.29, 1.82) is 0 Å². The van der Waals surface area contributed by atoms with Crippen LogP contribution in [0.4, 0.5) is 0 Å². The average Bonchev–Trinajstić information content (AvgIpc) is 1.92. The normalized spacial score (nSPS) is 18.8. The number of hydrogen-bond acceptors (Lipinski definition) is 0. The molecule has 0 amide bonds. The van der Waals surface area contributed by atoms with Crippen molar-refractivity contribution in [2.75, 3.05) is 0 Å². The van der Waals surface area contributed by atoms with Crippen LogP contribution in [0.2, 0.25) is 0 Å². The zero-order valence-electron chi connectivity index (χ0n) is 6.82. The number of fused-ring (bicyclic) bond motifs is 1. The molecule has 0 spiro atoms. The van der Waals surface area contributed by atoms with E-state index < -0.39 is 0 Å². The highest BCUT2D eigenvalue weighted by molar-refractivity contribution is 9.10. The molecular weight excluding hydrogens is 200 g/mol. The fourth-order valence-corrected chi connectivity index (χ4v) is 2.31. The number of rotatable bonds is 0. The van der Waals surface area contributed by atoms with Crippen LogP contribution in [0.3, 0.4) is 0 Å². The lowest BCUT2D eigenvalue weighted by Crippen LogP contribution is -2.32. The summed E-state index contributed by atoms with van der Waals surface area (Å²) >= 11 is 3.55. The van der Waals surface area contributed by atoms with E-state index in [2.05, 4.69) is 48.0 Å². The Labute approximate surface area is 75.8 Å². The van der Waals surface area contributed by atoms with Crippen LogP contribution in [0.5, 0.6) is 0 Å². The van der Waals surface area contributed by atoms with Crippen LogP contribution in [-0.2, 0) is 11.8 Å². The molecule has 11 heavy (non-hydrogen) atoms. The van der Waals surface area contributed by atoms with Gasteiger partial charge in [0.15, 0.2) is 0 Å². The molecule has 0 saturated heterocycles. The molecule has 0 bridgehead atoms. The van der Waals surface area contributed by atoms with Gasteiger partial charge >= 0.3 is 0 Å². The zero-order chi connectivity index (χ0) is 8.06. The third kappa shape index (κ3) is 0.943. The highest BCUT2D eigenvalue weighted by Crippen LogP contribution is 2.43. The summed E-state index contributed by atoms with van der Waals surface area (Å²) in [5.74, 6) is 0. The molecular formula is C10H11Br. The predicted octanol–water partition coefficient (Wildman–Crippen LogP) is 3.28. The Kier molecular flexibility index (Phi) is 1.40. The van der Waals surface area contributed by atoms with Crippen molar-refractivity contribution in [1.82, 2.24) is 0 Å². The van der Waals surface area contributed by atoms with Gasteiger partial charge in [-0.25, -0.2) is 0 Å². The average molecular weight is 211 g/mol. The second-order valence-electron chi connectivity index (χ2n) is 3.83. The van der Waals surface area contributed by atoms with Gasteiger partial charge in [0.2, 0.25) is 0 Å². The molecule has 0 nitrogen and oxygen atoms in total. The molecule has 1 aromatic rings. The van der Waals surface area contributed by atoms with Crippen molar-refractivity contribution in [3.05, 3.63) is 33.8 Å². The Morgan fingerprint density at radius 3 is 2.64 bits per heavy atom. The summed E-state index contributed by atoms with van der Waals surface area (Å²) in [6, 6.07) is 6.46. The van der Waals surface area contributed by atoms with Crippen LogP contribution in [0.1, 0.15) is 25.0 Å². The fraction of sp³-hybridized carbons (Fsp3) is 0.400. The lowest BCUT2D eigenvalue weighted by molar-refractivity contribution is 0.453. The zero-order valence-corrected chi connectivity index (χ0v) is 8.40. The molecule has 1 aromatic carbocycles. The number of benzene rings is 1. The van der Waals surface area contributed by atoms with Crippen molar-refractivity contribution in [2.24, 2.45) is 0 Å². The Bertz CT molecular complexity index is 300. The maximum atomic E-state index is 3.55. The van der Waals surface area contributed by atoms with Crippen molar-refractivity contribution < 1.29 is 0 Å². The Morgan fingerprint density at radius 1 is 1.36 bits per heavy atom. The van der Waals surface area contributed by atoms with Gasteiger partial charge in [-0.1, -0.05) is 41.9 Å². The van der Waals surface area contributed by atoms with Crippen LogP contribution in [-0.4, -0.2) is 0 Å². The van der Waals surface area contributed by atoms with Gasteiger partial charge in [0.05, 0.1) is 0 Å². The minimum absolute atomic E-state index is 0.416. The first-order chi connectivity index (χ1) is 5.11. The van der Waals surface area contributed by atoms with Gasteiger partial charge < -0.3 is 0 Å². The summed E-state index contributed by atoms with van der Waals surface area (Å²) in [5.41, 5.74) is 3.42. The summed E-state index contributed by atoms with van der Waals surface area (Å²) in [6.07, 6.45) is 1.21. The summed E-state index contributed by atoms with van der Waals surface area (Å²) in [4.78, 5) is 0. The third-order valence-corrected chi connectivity index (χ3v) is 3.21. The van der Waals surface area contributed by atoms with Gasteiger partial charge in [-0.2, -0.15) is 0 Å². The van der Waals surface area contributed by atoms with Crippen LogP contribution < -0.4 is 0 Å². The molecule has 0 aliphatic heterocycles. The van der Waals surface area contributed by atoms with Crippen molar-refractivity contribution in [2.45, 2.75) is 25.7 Å². The molecule has 0 unspecified atom stereocenters. The largest absolute Gasteiger partial charge is 0.0608 e. The Morgan fingerprint density at radius 2 is 2.09 bits per heavy atom. The van der Waals surface area contributed by atoms with Gasteiger partial charge in [0.25, 0.3) is 0 Å².